The fraction of sp³-hybridized carbons (Fsp3) is 0.379. The molecular weight excluding hydrogens is 1740 g/mol. The molecule has 0 amide bonds. The molecule has 0 aliphatic carbocycles. The summed E-state index contributed by atoms with van der Waals surface area (Å²) in [4.78, 5) is 202. The number of alkyl halides is 1. The van der Waals surface area contributed by atoms with Crippen molar-refractivity contribution in [3.05, 3.63) is 127 Å². The van der Waals surface area contributed by atoms with Crippen molar-refractivity contribution >= 4 is 152 Å². The van der Waals surface area contributed by atoms with Gasteiger partial charge >= 0.3 is 181 Å². The summed E-state index contributed by atoms with van der Waals surface area (Å²) in [5.41, 5.74) is 31.3. The van der Waals surface area contributed by atoms with Gasteiger partial charge in [0.25, 0.3) is 17.6 Å². The average Bonchev–Trinajstić information content (AvgIpc) is 1.69. The molecule has 1 aromatic carbocycles. The number of rotatable bonds is 18. The van der Waals surface area contributed by atoms with Gasteiger partial charge in [-0.05, 0) is 85.4 Å². The second-order valence-electron chi connectivity index (χ2n) is 20.7. The van der Waals surface area contributed by atoms with Gasteiger partial charge in [-0.3, -0.25) is 67.5 Å². The molecule has 1 aliphatic heterocycles. The fourth-order valence-corrected chi connectivity index (χ4v) is 7.32. The van der Waals surface area contributed by atoms with E-state index in [1.165, 1.54) is 37.3 Å². The number of nitrogens with zero attached hydrogens (tertiary/aromatic N) is 13. The van der Waals surface area contributed by atoms with Crippen molar-refractivity contribution in [3.8, 4) is 0 Å². The zero-order valence-electron chi connectivity index (χ0n) is 68.6. The van der Waals surface area contributed by atoms with Crippen LogP contribution < -0.4 is 183 Å². The number of nitrogens with one attached hydrogen (secondary N) is 4. The van der Waals surface area contributed by atoms with Gasteiger partial charge in [0.2, 0.25) is 0 Å². The number of carbonyl (C=O) groups excluding carboxylic acids is 18. The van der Waals surface area contributed by atoms with Crippen LogP contribution in [0.3, 0.4) is 0 Å². The minimum absolute atomic E-state index is 0. The molecule has 1 aliphatic rings. The Morgan fingerprint density at radius 2 is 1.13 bits per heavy atom. The minimum Gasteiger partial charge on any atom is -1.00 e. The minimum atomic E-state index is -0.418. The number of hydrogen-bond donors (Lipinski definition) is 9. The molecule has 0 bridgehead atoms. The molecule has 47 nitrogen and oxygen atoms in total. The zero-order chi connectivity index (χ0) is 90.0. The summed E-state index contributed by atoms with van der Waals surface area (Å²) >= 11 is 8.60. The molecule has 0 saturated carbocycles. The number of H-pyrrole nitrogens is 2. The first-order chi connectivity index (χ1) is 54.3. The third kappa shape index (κ3) is 73.1. The second-order valence-corrected chi connectivity index (χ2v) is 21.7. The van der Waals surface area contributed by atoms with Crippen molar-refractivity contribution in [2.45, 2.75) is 128 Å². The van der Waals surface area contributed by atoms with Crippen molar-refractivity contribution in [1.29, 1.82) is 5.41 Å². The second kappa shape index (κ2) is 87.5. The quantitative estimate of drug-likeness (QED) is 0.00563. The number of Topliss-reactive ketones (excluding diaryl/α,β-unsaturated/α-hetero) is 3. The Balaban J connectivity index is -0.000000107. The van der Waals surface area contributed by atoms with Crippen LogP contribution in [0.2, 0.25) is 5.02 Å². The van der Waals surface area contributed by atoms with E-state index in [0.717, 1.165) is 48.1 Å². The van der Waals surface area contributed by atoms with Crippen molar-refractivity contribution < 1.29 is 250 Å². The standard InChI is InChI=1S/C13H17ClFNO.C8H10N4O.C8H13N3O2.2C7H11N3O.C6H6N4O.C5H8N2.C4H7BrO2.CH4N2.CH2O3.6CO2.2K.Na.H2O.H/c1-9(2)16-8-11(17)7-6-10-4-3-5-12(14)13(10)15;1-2-3-12-4-6-7(11-12)9-5-10-8(6)13;1-3-13-7(12)5-11-8(9)6(2)4-10-11;2*1-5-3-10(4-6(2)11)9-7(5)8;1-10-2-4-5(9-10)7-3-8-6(4)11;1-4-2-3-7-5(4)6;1-2-7-4(6)3-5;2-1-3;2-1-4-3;6*2-1-3;;;;;/h3-5,9,16H,6-8H2,1-2H3;4-5H,2-3H2,1H3,(H,9,10,11,13);4H,3,5,9H2,1-2H3;2*3H,4H2,1-2H3,(H2,8,9);2-3H,1H3,(H,7,8,9,11);2H,3H2,1H3,(H2,6,7);2-3H2,1H3;1H,(H3,2,3);1,3H;;;;;;;;;;1H2;/q;;;;;;;;;;;;;;;;3*+1;;-1/p-2. The maximum Gasteiger partial charge on any atom is 1.00 e. The van der Waals surface area contributed by atoms with Crippen molar-refractivity contribution in [2.75, 3.05) is 48.8 Å². The summed E-state index contributed by atoms with van der Waals surface area (Å²) in [5, 5.41) is 38.7. The average molecular weight is 1830 g/mol. The van der Waals surface area contributed by atoms with Gasteiger partial charge in [-0.25, -0.2) is 19.0 Å². The number of halogens is 3. The van der Waals surface area contributed by atoms with Gasteiger partial charge in [-0.2, -0.15) is 83.0 Å². The van der Waals surface area contributed by atoms with Crippen molar-refractivity contribution in [3.63, 3.8) is 0 Å². The number of hydrogen-bond acceptors (Lipinski definition) is 39. The van der Waals surface area contributed by atoms with Crippen LogP contribution in [0.4, 0.5) is 21.8 Å². The topological polar surface area (TPSA) is 747 Å². The molecule has 638 valence electrons. The number of carbonyl (C=O) groups is 6. The third-order valence-electron chi connectivity index (χ3n) is 11.6. The molecule has 9 rings (SSSR count). The number of fused-ring (bicyclic) bond motifs is 2. The first kappa shape index (κ1) is 133. The summed E-state index contributed by atoms with van der Waals surface area (Å²) in [5.74, 6) is 1.47. The van der Waals surface area contributed by atoms with E-state index >= 15 is 0 Å². The van der Waals surface area contributed by atoms with Gasteiger partial charge in [-0.15, -0.1) is 0 Å². The Kier molecular flexibility index (Phi) is 97.5. The van der Waals surface area contributed by atoms with Gasteiger partial charge in [-0.1, -0.05) is 66.5 Å². The number of esters is 2. The van der Waals surface area contributed by atoms with Gasteiger partial charge in [0.05, 0.1) is 69.6 Å². The van der Waals surface area contributed by atoms with Crippen LogP contribution in [0.1, 0.15) is 91.9 Å². The predicted octanol–water partition coefficient (Wildman–Crippen LogP) is -9.09. The fourth-order valence-electron chi connectivity index (χ4n) is 6.97. The molecule has 53 heteroatoms. The maximum atomic E-state index is 13.5. The number of aromatic amines is 2. The van der Waals surface area contributed by atoms with Crippen LogP contribution in [0.15, 0.2) is 88.1 Å². The summed E-state index contributed by atoms with van der Waals surface area (Å²) in [7, 11) is 1.75. The first-order valence-corrected chi connectivity index (χ1v) is 33.4. The molecule has 15 N–H and O–H groups in total. The normalized spacial score (nSPS) is 8.95. The van der Waals surface area contributed by atoms with Gasteiger partial charge in [0, 0.05) is 67.5 Å². The van der Waals surface area contributed by atoms with Crippen molar-refractivity contribution in [2.24, 2.45) is 23.5 Å². The molecule has 0 fully saturated rings. The molecule has 0 spiro atoms. The molecule has 0 saturated heterocycles. The van der Waals surface area contributed by atoms with E-state index in [1.54, 1.807) is 82.7 Å². The Morgan fingerprint density at radius 1 is 0.714 bits per heavy atom. The number of aryl methyl sites for hydroxylation is 6. The van der Waals surface area contributed by atoms with Gasteiger partial charge in [0.1, 0.15) is 57.5 Å². The van der Waals surface area contributed by atoms with E-state index in [9.17, 15) is 38.0 Å². The number of ether oxygens (including phenoxy) is 2. The Bertz CT molecular complexity index is 4400. The molecule has 119 heavy (non-hydrogen) atoms. The van der Waals surface area contributed by atoms with Gasteiger partial charge in [0.15, 0.2) is 22.9 Å². The van der Waals surface area contributed by atoms with E-state index in [0.29, 0.717) is 102 Å². The van der Waals surface area contributed by atoms with Crippen LogP contribution in [-0.4, -0.2) is 197 Å². The van der Waals surface area contributed by atoms with Crippen LogP contribution in [0.25, 0.3) is 22.1 Å². The van der Waals surface area contributed by atoms with Crippen LogP contribution in [0, 0.1) is 32.0 Å². The van der Waals surface area contributed by atoms with Gasteiger partial charge < -0.3 is 70.5 Å². The molecular formula is C66H90BrClFK2N22NaO25. The number of aliphatic imine (C=N–C) groups is 1. The molecule has 8 heterocycles. The maximum absolute atomic E-state index is 13.5. The number of anilines is 3. The van der Waals surface area contributed by atoms with E-state index in [2.05, 4.69) is 94.0 Å². The van der Waals surface area contributed by atoms with Crippen molar-refractivity contribution in [1.82, 2.24) is 74.2 Å². The number of aromatic nitrogens is 14. The zero-order valence-corrected chi connectivity index (χ0v) is 78.2. The molecule has 0 unspecified atom stereocenters. The monoisotopic (exact) mass is 1820 g/mol. The summed E-state index contributed by atoms with van der Waals surface area (Å²) < 4.78 is 30.6. The Hall–Kier alpha value is -9.82. The largest absolute Gasteiger partial charge is 1.00 e. The summed E-state index contributed by atoms with van der Waals surface area (Å²) in [6, 6.07) is 5.13. The number of nitrogens with two attached hydrogens (primary N) is 5. The van der Waals surface area contributed by atoms with Crippen LogP contribution in [-0.2, 0) is 140 Å². The van der Waals surface area contributed by atoms with E-state index in [1.807, 2.05) is 47.6 Å². The first-order valence-electron chi connectivity index (χ1n) is 31.9. The van der Waals surface area contributed by atoms with E-state index in [4.69, 9.17) is 112 Å². The Labute approximate surface area is 799 Å². The molecule has 7 aromatic heterocycles. The molecule has 8 aromatic rings. The van der Waals surface area contributed by atoms with Crippen LogP contribution >= 0.6 is 27.5 Å². The van der Waals surface area contributed by atoms with E-state index < -0.39 is 5.82 Å². The Morgan fingerprint density at radius 3 is 1.44 bits per heavy atom. The third-order valence-corrected chi connectivity index (χ3v) is 12.3. The predicted molar refractivity (Wildman–Crippen MR) is 401 cm³/mol. The number of nitrogen functional groups attached to an aromatic ring is 3. The number of ketones is 3. The number of benzene rings is 1. The smallest absolute Gasteiger partial charge is 1.00 e. The van der Waals surface area contributed by atoms with E-state index in [-0.39, 0.29) is 241 Å². The number of amidine groups is 1. The summed E-state index contributed by atoms with van der Waals surface area (Å²) in [6.45, 7) is 23.4. The summed E-state index contributed by atoms with van der Waals surface area (Å²) in [6.07, 6.45) is 17.2. The SMILES string of the molecule is CC(=O)Cn1cc(C)c(N)n1.CC(=O)Cn1cc(C)c(N)n1.CC(C)NCC(=O)CCc1cccc(Cl)c1F.CC1=CCN=C1N.CCCn1cc2c(=O)[nH]cnc2n1.CCOC(=O)CBr.CCOC(=O)Cn1ncc(C)c1N.Cn1cc2c(=O)[nH]cnc2n1.N=CN.O=C=O.O=C=O.O=C=O.O=C=O.O=C=O.O=C=O.O=CO[O-].[H-].[K+].[K+].[Na+].[OH-]. The van der Waals surface area contributed by atoms with Crippen LogP contribution in [0.5, 0.6) is 0 Å². The molecule has 0 radical (unpaired) electrons. The molecule has 0 atom stereocenters.